The van der Waals surface area contributed by atoms with Crippen molar-refractivity contribution in [3.63, 3.8) is 0 Å². The van der Waals surface area contributed by atoms with Crippen LogP contribution in [0.4, 0.5) is 0 Å². The first kappa shape index (κ1) is 17.6. The van der Waals surface area contributed by atoms with Crippen LogP contribution >= 0.6 is 0 Å². The predicted molar refractivity (Wildman–Crippen MR) is 96.4 cm³/mol. The second-order valence-electron chi connectivity index (χ2n) is 6.64. The third-order valence-electron chi connectivity index (χ3n) is 4.93. The molecule has 0 radical (unpaired) electrons. The summed E-state index contributed by atoms with van der Waals surface area (Å²) in [7, 11) is 0. The number of rotatable bonds is 5. The van der Waals surface area contributed by atoms with Crippen molar-refractivity contribution < 1.29 is 9.53 Å². The zero-order chi connectivity index (χ0) is 17.8. The largest absolute Gasteiger partial charge is 0.381 e. The number of hydrogen-bond acceptors (Lipinski definition) is 4. The number of carbonyl (C=O) groups excluding carboxylic acids is 1. The fourth-order valence-electron chi connectivity index (χ4n) is 3.26. The van der Waals surface area contributed by atoms with Gasteiger partial charge in [-0.05, 0) is 50.3 Å². The Hall–Kier alpha value is -2.18. The second-order valence-corrected chi connectivity index (χ2v) is 6.64. The Morgan fingerprint density at radius 1 is 1.32 bits per heavy atom. The molecule has 6 nitrogen and oxygen atoms in total. The lowest BCUT2D eigenvalue weighted by Gasteiger charge is -2.28. The first-order valence-corrected chi connectivity index (χ1v) is 8.80. The summed E-state index contributed by atoms with van der Waals surface area (Å²) in [5.74, 6) is 1.05. The quantitative estimate of drug-likeness (QED) is 0.872. The van der Waals surface area contributed by atoms with Gasteiger partial charge in [-0.15, -0.1) is 0 Å². The zero-order valence-electron chi connectivity index (χ0n) is 14.8. The molecule has 0 aliphatic carbocycles. The Labute approximate surface area is 148 Å². The zero-order valence-corrected chi connectivity index (χ0v) is 14.8. The van der Waals surface area contributed by atoms with E-state index in [1.165, 1.54) is 0 Å². The molecule has 3 rings (SSSR count). The number of nitrogens with zero attached hydrogens (tertiary/aromatic N) is 2. The lowest BCUT2D eigenvalue weighted by atomic mass is 9.91. The molecule has 25 heavy (non-hydrogen) atoms. The molecule has 0 saturated carbocycles. The van der Waals surface area contributed by atoms with E-state index >= 15 is 0 Å². The van der Waals surface area contributed by atoms with Gasteiger partial charge in [-0.3, -0.25) is 4.79 Å². The highest BCUT2D eigenvalue weighted by Gasteiger charge is 2.27. The molecule has 1 aromatic carbocycles. The number of imidazole rings is 1. The molecule has 2 heterocycles. The van der Waals surface area contributed by atoms with Crippen molar-refractivity contribution in [3.8, 4) is 5.69 Å². The number of benzene rings is 1. The van der Waals surface area contributed by atoms with Crippen molar-refractivity contribution in [1.29, 1.82) is 0 Å². The van der Waals surface area contributed by atoms with Gasteiger partial charge in [-0.2, -0.15) is 0 Å². The van der Waals surface area contributed by atoms with Crippen LogP contribution in [-0.4, -0.2) is 34.7 Å². The number of nitrogens with two attached hydrogens (primary N) is 1. The number of hydrogen-bond donors (Lipinski definition) is 2. The minimum absolute atomic E-state index is 0.0867. The van der Waals surface area contributed by atoms with Crippen molar-refractivity contribution in [3.05, 3.63) is 48.0 Å². The number of ether oxygens (including phenoxy) is 1. The minimum atomic E-state index is -0.473. The van der Waals surface area contributed by atoms with Gasteiger partial charge in [0.15, 0.2) is 0 Å². The molecule has 2 unspecified atom stereocenters. The SMILES string of the molecule is Cc1nccn1-c1ccc(C(C)NC(=O)C(N)C2CCOCC2)cc1. The molecule has 6 heteroatoms. The van der Waals surface area contributed by atoms with Crippen LogP contribution in [0.25, 0.3) is 5.69 Å². The molecule has 1 aromatic heterocycles. The molecule has 1 saturated heterocycles. The van der Waals surface area contributed by atoms with E-state index in [1.807, 2.05) is 48.9 Å². The van der Waals surface area contributed by atoms with Crippen LogP contribution in [0.15, 0.2) is 36.7 Å². The summed E-state index contributed by atoms with van der Waals surface area (Å²) in [6.45, 7) is 5.33. The smallest absolute Gasteiger partial charge is 0.237 e. The van der Waals surface area contributed by atoms with Gasteiger partial charge < -0.3 is 20.4 Å². The van der Waals surface area contributed by atoms with E-state index in [2.05, 4.69) is 10.3 Å². The topological polar surface area (TPSA) is 82.2 Å². The molecule has 1 aliphatic rings. The van der Waals surface area contributed by atoms with Crippen molar-refractivity contribution in [1.82, 2.24) is 14.9 Å². The van der Waals surface area contributed by atoms with Crippen LogP contribution < -0.4 is 11.1 Å². The van der Waals surface area contributed by atoms with Gasteiger partial charge in [0.1, 0.15) is 5.82 Å². The Morgan fingerprint density at radius 3 is 2.60 bits per heavy atom. The molecule has 134 valence electrons. The predicted octanol–water partition coefficient (Wildman–Crippen LogP) is 2.11. The summed E-state index contributed by atoms with van der Waals surface area (Å²) in [5, 5.41) is 3.03. The molecule has 0 bridgehead atoms. The number of aryl methyl sites for hydroxylation is 1. The lowest BCUT2D eigenvalue weighted by Crippen LogP contribution is -2.47. The van der Waals surface area contributed by atoms with Gasteiger partial charge in [0.25, 0.3) is 0 Å². The maximum Gasteiger partial charge on any atom is 0.237 e. The molecule has 3 N–H and O–H groups in total. The Balaban J connectivity index is 1.61. The highest BCUT2D eigenvalue weighted by atomic mass is 16.5. The molecule has 1 amide bonds. The van der Waals surface area contributed by atoms with E-state index in [-0.39, 0.29) is 17.9 Å². The Morgan fingerprint density at radius 2 is 2.00 bits per heavy atom. The highest BCUT2D eigenvalue weighted by Crippen LogP contribution is 2.20. The standard InChI is InChI=1S/C19H26N4O2/c1-13(22-19(24)18(20)16-7-11-25-12-8-16)15-3-5-17(6-4-15)23-10-9-21-14(23)2/h3-6,9-10,13,16,18H,7-8,11-12,20H2,1-2H3,(H,22,24). The van der Waals surface area contributed by atoms with Gasteiger partial charge in [0.05, 0.1) is 12.1 Å². The molecule has 2 atom stereocenters. The third-order valence-corrected chi connectivity index (χ3v) is 4.93. The monoisotopic (exact) mass is 342 g/mol. The minimum Gasteiger partial charge on any atom is -0.381 e. The molecule has 1 fully saturated rings. The molecular formula is C19H26N4O2. The first-order chi connectivity index (χ1) is 12.1. The van der Waals surface area contributed by atoms with Crippen LogP contribution in [0.5, 0.6) is 0 Å². The fraction of sp³-hybridized carbons (Fsp3) is 0.474. The fourth-order valence-corrected chi connectivity index (χ4v) is 3.26. The van der Waals surface area contributed by atoms with Gasteiger partial charge >= 0.3 is 0 Å². The summed E-state index contributed by atoms with van der Waals surface area (Å²) in [6, 6.07) is 7.56. The van der Waals surface area contributed by atoms with Gasteiger partial charge in [0, 0.05) is 31.3 Å². The highest BCUT2D eigenvalue weighted by molar-refractivity contribution is 5.82. The number of amides is 1. The van der Waals surface area contributed by atoms with Crippen LogP contribution in [-0.2, 0) is 9.53 Å². The second kappa shape index (κ2) is 7.80. The van der Waals surface area contributed by atoms with E-state index in [1.54, 1.807) is 6.20 Å². The van der Waals surface area contributed by atoms with E-state index in [4.69, 9.17) is 10.5 Å². The van der Waals surface area contributed by atoms with E-state index < -0.39 is 6.04 Å². The van der Waals surface area contributed by atoms with Crippen molar-refractivity contribution >= 4 is 5.91 Å². The molecule has 0 spiro atoms. The van der Waals surface area contributed by atoms with E-state index in [9.17, 15) is 4.79 Å². The summed E-state index contributed by atoms with van der Waals surface area (Å²) >= 11 is 0. The number of carbonyl (C=O) groups is 1. The van der Waals surface area contributed by atoms with E-state index in [0.29, 0.717) is 13.2 Å². The Bertz CT molecular complexity index is 704. The van der Waals surface area contributed by atoms with Crippen LogP contribution in [0.2, 0.25) is 0 Å². The third kappa shape index (κ3) is 4.08. The maximum absolute atomic E-state index is 12.4. The van der Waals surface area contributed by atoms with Crippen LogP contribution in [0.1, 0.15) is 37.2 Å². The van der Waals surface area contributed by atoms with Gasteiger partial charge in [-0.1, -0.05) is 12.1 Å². The maximum atomic E-state index is 12.4. The van der Waals surface area contributed by atoms with E-state index in [0.717, 1.165) is 29.9 Å². The summed E-state index contributed by atoms with van der Waals surface area (Å²) < 4.78 is 7.36. The van der Waals surface area contributed by atoms with Crippen molar-refractivity contribution in [2.75, 3.05) is 13.2 Å². The van der Waals surface area contributed by atoms with Crippen LogP contribution in [0.3, 0.4) is 0 Å². The van der Waals surface area contributed by atoms with Gasteiger partial charge in [-0.25, -0.2) is 4.98 Å². The number of nitrogens with one attached hydrogen (secondary N) is 1. The summed E-state index contributed by atoms with van der Waals surface area (Å²) in [5.41, 5.74) is 8.25. The van der Waals surface area contributed by atoms with Crippen LogP contribution in [0, 0.1) is 12.8 Å². The average molecular weight is 342 g/mol. The molecular weight excluding hydrogens is 316 g/mol. The Kier molecular flexibility index (Phi) is 5.50. The number of aromatic nitrogens is 2. The van der Waals surface area contributed by atoms with Crippen molar-refractivity contribution in [2.24, 2.45) is 11.7 Å². The summed E-state index contributed by atoms with van der Waals surface area (Å²) in [6.07, 6.45) is 5.41. The lowest BCUT2D eigenvalue weighted by molar-refractivity contribution is -0.125. The normalized spacial score (nSPS) is 17.9. The average Bonchev–Trinajstić information content (AvgIpc) is 3.07. The molecule has 1 aliphatic heterocycles. The first-order valence-electron chi connectivity index (χ1n) is 8.80. The van der Waals surface area contributed by atoms with Crippen molar-refractivity contribution in [2.45, 2.75) is 38.8 Å². The molecule has 2 aromatic rings. The van der Waals surface area contributed by atoms with Gasteiger partial charge in [0.2, 0.25) is 5.91 Å². The summed E-state index contributed by atoms with van der Waals surface area (Å²) in [4.78, 5) is 16.7.